The lowest BCUT2D eigenvalue weighted by molar-refractivity contribution is -0.149. The predicted molar refractivity (Wildman–Crippen MR) is 89.4 cm³/mol. The van der Waals surface area contributed by atoms with Crippen LogP contribution in [0.5, 0.6) is 11.5 Å². The summed E-state index contributed by atoms with van der Waals surface area (Å²) in [5, 5.41) is 12.4. The quantitative estimate of drug-likeness (QED) is 0.834. The van der Waals surface area contributed by atoms with E-state index in [1.54, 1.807) is 25.3 Å². The van der Waals surface area contributed by atoms with E-state index < -0.39 is 11.5 Å². The van der Waals surface area contributed by atoms with Gasteiger partial charge in [-0.2, -0.15) is 0 Å². The number of hydrogen-bond acceptors (Lipinski definition) is 4. The van der Waals surface area contributed by atoms with Gasteiger partial charge in [0.15, 0.2) is 0 Å². The number of carboxylic acids is 1. The van der Waals surface area contributed by atoms with Crippen LogP contribution in [-0.2, 0) is 16.0 Å². The molecule has 0 radical (unpaired) electrons. The zero-order chi connectivity index (χ0) is 17.7. The van der Waals surface area contributed by atoms with Gasteiger partial charge < -0.3 is 19.9 Å². The monoisotopic (exact) mass is 335 g/mol. The lowest BCUT2D eigenvalue weighted by Crippen LogP contribution is -2.56. The van der Waals surface area contributed by atoms with Crippen molar-refractivity contribution in [2.75, 3.05) is 14.2 Å². The van der Waals surface area contributed by atoms with E-state index in [1.165, 1.54) is 7.11 Å². The second kappa shape index (κ2) is 7.55. The number of amides is 1. The molecule has 6 heteroatoms. The summed E-state index contributed by atoms with van der Waals surface area (Å²) < 4.78 is 10.4. The van der Waals surface area contributed by atoms with E-state index in [0.29, 0.717) is 35.8 Å². The van der Waals surface area contributed by atoms with Crippen LogP contribution in [0.15, 0.2) is 18.2 Å². The molecule has 2 N–H and O–H groups in total. The molecule has 1 fully saturated rings. The maximum atomic E-state index is 12.5. The number of nitrogens with one attached hydrogen (secondary N) is 1. The van der Waals surface area contributed by atoms with Gasteiger partial charge in [0.2, 0.25) is 5.91 Å². The van der Waals surface area contributed by atoms with Gasteiger partial charge in [0.25, 0.3) is 0 Å². The molecule has 1 saturated carbocycles. The molecule has 6 nitrogen and oxygen atoms in total. The van der Waals surface area contributed by atoms with E-state index in [9.17, 15) is 14.7 Å². The van der Waals surface area contributed by atoms with Crippen molar-refractivity contribution in [1.82, 2.24) is 5.32 Å². The Hall–Kier alpha value is -2.24. The Morgan fingerprint density at radius 3 is 2.46 bits per heavy atom. The highest BCUT2D eigenvalue weighted by molar-refractivity contribution is 5.88. The first kappa shape index (κ1) is 18.1. The van der Waals surface area contributed by atoms with E-state index >= 15 is 0 Å². The average molecular weight is 335 g/mol. The summed E-state index contributed by atoms with van der Waals surface area (Å²) in [4.78, 5) is 24.2. The number of rotatable bonds is 6. The Bertz CT molecular complexity index is 605. The molecule has 1 aromatic rings. The van der Waals surface area contributed by atoms with Crippen molar-refractivity contribution < 1.29 is 24.2 Å². The number of benzene rings is 1. The molecule has 0 aliphatic heterocycles. The lowest BCUT2D eigenvalue weighted by Gasteiger charge is -2.36. The molecule has 132 valence electrons. The van der Waals surface area contributed by atoms with Crippen LogP contribution in [0.1, 0.15) is 38.2 Å². The smallest absolute Gasteiger partial charge is 0.329 e. The van der Waals surface area contributed by atoms with Gasteiger partial charge in [-0.25, -0.2) is 4.79 Å². The van der Waals surface area contributed by atoms with E-state index in [4.69, 9.17) is 9.47 Å². The number of carboxylic acid groups (broad SMARTS) is 1. The predicted octanol–water partition coefficient (Wildman–Crippen LogP) is 2.40. The van der Waals surface area contributed by atoms with Crippen molar-refractivity contribution in [3.05, 3.63) is 23.8 Å². The Balaban J connectivity index is 2.13. The second-order valence-corrected chi connectivity index (χ2v) is 6.47. The molecule has 1 aromatic carbocycles. The van der Waals surface area contributed by atoms with E-state index in [0.717, 1.165) is 12.8 Å². The maximum Gasteiger partial charge on any atom is 0.329 e. The van der Waals surface area contributed by atoms with Gasteiger partial charge >= 0.3 is 5.97 Å². The van der Waals surface area contributed by atoms with Crippen LogP contribution >= 0.6 is 0 Å². The number of aliphatic carboxylic acids is 1. The molecule has 0 unspecified atom stereocenters. The van der Waals surface area contributed by atoms with Gasteiger partial charge in [-0.1, -0.05) is 6.92 Å². The van der Waals surface area contributed by atoms with Crippen LogP contribution < -0.4 is 14.8 Å². The fourth-order valence-electron chi connectivity index (χ4n) is 3.15. The topological polar surface area (TPSA) is 84.9 Å². The normalized spacial score (nSPS) is 23.4. The number of carbonyl (C=O) groups is 2. The fraction of sp³-hybridized carbons (Fsp3) is 0.556. The third-order valence-electron chi connectivity index (χ3n) is 4.75. The summed E-state index contributed by atoms with van der Waals surface area (Å²) >= 11 is 0. The van der Waals surface area contributed by atoms with Gasteiger partial charge in [0, 0.05) is 5.56 Å². The largest absolute Gasteiger partial charge is 0.497 e. The Kier molecular flexibility index (Phi) is 5.70. The standard InChI is InChI=1S/C18H25NO5/c1-12-6-8-18(9-7-12,17(21)22)19-16(20)11-13-10-14(23-2)4-5-15(13)24-3/h4-5,10,12H,6-9,11H2,1-3H3,(H,19,20)(H,21,22). The van der Waals surface area contributed by atoms with Gasteiger partial charge in [-0.15, -0.1) is 0 Å². The minimum atomic E-state index is -1.16. The first-order valence-electron chi connectivity index (χ1n) is 8.15. The van der Waals surface area contributed by atoms with E-state index in [-0.39, 0.29) is 12.3 Å². The molecule has 0 spiro atoms. The van der Waals surface area contributed by atoms with Crippen LogP contribution in [0.3, 0.4) is 0 Å². The van der Waals surface area contributed by atoms with Gasteiger partial charge in [-0.3, -0.25) is 4.79 Å². The van der Waals surface area contributed by atoms with Crippen molar-refractivity contribution in [3.8, 4) is 11.5 Å². The minimum absolute atomic E-state index is 0.0466. The third kappa shape index (κ3) is 3.99. The molecule has 1 aliphatic carbocycles. The Labute approximate surface area is 142 Å². The molecule has 0 heterocycles. The Morgan fingerprint density at radius 1 is 1.25 bits per heavy atom. The molecule has 0 bridgehead atoms. The number of ether oxygens (including phenoxy) is 2. The third-order valence-corrected chi connectivity index (χ3v) is 4.75. The minimum Gasteiger partial charge on any atom is -0.497 e. The molecule has 2 rings (SSSR count). The SMILES string of the molecule is COc1ccc(OC)c(CC(=O)NC2(C(=O)O)CCC(C)CC2)c1. The van der Waals surface area contributed by atoms with Gasteiger partial charge in [0.05, 0.1) is 20.6 Å². The molecule has 24 heavy (non-hydrogen) atoms. The van der Waals surface area contributed by atoms with Gasteiger partial charge in [-0.05, 0) is 49.8 Å². The van der Waals surface area contributed by atoms with Crippen LogP contribution in [-0.4, -0.2) is 36.7 Å². The summed E-state index contributed by atoms with van der Waals surface area (Å²) in [5.41, 5.74) is -0.491. The van der Waals surface area contributed by atoms with E-state index in [1.807, 2.05) is 0 Å². The Morgan fingerprint density at radius 2 is 1.92 bits per heavy atom. The van der Waals surface area contributed by atoms with E-state index in [2.05, 4.69) is 12.2 Å². The first-order chi connectivity index (χ1) is 11.4. The highest BCUT2D eigenvalue weighted by atomic mass is 16.5. The molecule has 0 saturated heterocycles. The molecule has 0 aromatic heterocycles. The van der Waals surface area contributed by atoms with Gasteiger partial charge in [0.1, 0.15) is 17.0 Å². The van der Waals surface area contributed by atoms with Crippen molar-refractivity contribution in [1.29, 1.82) is 0 Å². The van der Waals surface area contributed by atoms with Crippen LogP contribution in [0.2, 0.25) is 0 Å². The van der Waals surface area contributed by atoms with Crippen molar-refractivity contribution in [2.24, 2.45) is 5.92 Å². The van der Waals surface area contributed by atoms with Crippen LogP contribution in [0, 0.1) is 5.92 Å². The molecule has 1 aliphatic rings. The summed E-state index contributed by atoms with van der Waals surface area (Å²) in [6.07, 6.45) is 2.57. The van der Waals surface area contributed by atoms with Crippen molar-refractivity contribution in [2.45, 2.75) is 44.6 Å². The number of methoxy groups -OCH3 is 2. The maximum absolute atomic E-state index is 12.5. The number of hydrogen-bond donors (Lipinski definition) is 2. The first-order valence-corrected chi connectivity index (χ1v) is 8.15. The molecule has 1 amide bonds. The van der Waals surface area contributed by atoms with Crippen LogP contribution in [0.25, 0.3) is 0 Å². The molecule has 0 atom stereocenters. The lowest BCUT2D eigenvalue weighted by atomic mass is 9.77. The highest BCUT2D eigenvalue weighted by Crippen LogP contribution is 2.32. The zero-order valence-electron chi connectivity index (χ0n) is 14.4. The highest BCUT2D eigenvalue weighted by Gasteiger charge is 2.42. The van der Waals surface area contributed by atoms with Crippen molar-refractivity contribution in [3.63, 3.8) is 0 Å². The number of carbonyl (C=O) groups excluding carboxylic acids is 1. The summed E-state index contributed by atoms with van der Waals surface area (Å²) in [7, 11) is 3.08. The summed E-state index contributed by atoms with van der Waals surface area (Å²) in [5.74, 6) is 0.414. The summed E-state index contributed by atoms with van der Waals surface area (Å²) in [6.45, 7) is 2.11. The fourth-order valence-corrected chi connectivity index (χ4v) is 3.15. The summed E-state index contributed by atoms with van der Waals surface area (Å²) in [6, 6.07) is 5.22. The average Bonchev–Trinajstić information content (AvgIpc) is 2.56. The van der Waals surface area contributed by atoms with Crippen LogP contribution in [0.4, 0.5) is 0 Å². The second-order valence-electron chi connectivity index (χ2n) is 6.47. The molecular weight excluding hydrogens is 310 g/mol. The van der Waals surface area contributed by atoms with Crippen molar-refractivity contribution >= 4 is 11.9 Å². The molecular formula is C18H25NO5. The zero-order valence-corrected chi connectivity index (χ0v) is 14.4.